The van der Waals surface area contributed by atoms with E-state index in [9.17, 15) is 9.59 Å². The molecule has 1 aromatic heterocycles. The maximum Gasteiger partial charge on any atom is 0.303 e. The monoisotopic (exact) mass is 268 g/mol. The molecule has 0 saturated heterocycles. The predicted molar refractivity (Wildman–Crippen MR) is 69.1 cm³/mol. The summed E-state index contributed by atoms with van der Waals surface area (Å²) in [5.74, 6) is -0.351. The highest BCUT2D eigenvalue weighted by atomic mass is 16.5. The summed E-state index contributed by atoms with van der Waals surface area (Å²) < 4.78 is 5.15. The maximum atomic E-state index is 12.0. The van der Waals surface area contributed by atoms with Crippen LogP contribution in [-0.2, 0) is 4.79 Å². The molecule has 0 aliphatic carbocycles. The molecule has 0 saturated carbocycles. The molecule has 1 heterocycles. The number of carbonyl (C=O) groups excluding carboxylic acids is 1. The molecule has 6 nitrogen and oxygen atoms in total. The second kappa shape index (κ2) is 6.92. The van der Waals surface area contributed by atoms with Crippen molar-refractivity contribution < 1.29 is 19.2 Å². The standard InChI is InChI=1S/C13H20N2O4/c1-8(2)12-11(9(3)15-19-12)13(18)14-7-5-4-6-10(16)17/h8H,4-7H2,1-3H3,(H,14,18)(H,16,17). The zero-order valence-corrected chi connectivity index (χ0v) is 11.5. The van der Waals surface area contributed by atoms with E-state index in [1.807, 2.05) is 13.8 Å². The third-order valence-electron chi connectivity index (χ3n) is 2.74. The first-order chi connectivity index (χ1) is 8.93. The van der Waals surface area contributed by atoms with E-state index < -0.39 is 5.97 Å². The van der Waals surface area contributed by atoms with E-state index in [1.54, 1.807) is 6.92 Å². The molecule has 0 bridgehead atoms. The molecule has 2 N–H and O–H groups in total. The maximum absolute atomic E-state index is 12.0. The first-order valence-electron chi connectivity index (χ1n) is 6.39. The van der Waals surface area contributed by atoms with Gasteiger partial charge in [0.2, 0.25) is 0 Å². The molecule has 0 unspecified atom stereocenters. The Morgan fingerprint density at radius 1 is 1.37 bits per heavy atom. The smallest absolute Gasteiger partial charge is 0.303 e. The van der Waals surface area contributed by atoms with Gasteiger partial charge in [-0.1, -0.05) is 19.0 Å². The third-order valence-corrected chi connectivity index (χ3v) is 2.74. The van der Waals surface area contributed by atoms with Gasteiger partial charge in [-0.2, -0.15) is 0 Å². The molecule has 0 aliphatic rings. The van der Waals surface area contributed by atoms with E-state index >= 15 is 0 Å². The van der Waals surface area contributed by atoms with Gasteiger partial charge in [0.05, 0.1) is 5.69 Å². The van der Waals surface area contributed by atoms with E-state index in [4.69, 9.17) is 9.63 Å². The molecular formula is C13H20N2O4. The van der Waals surface area contributed by atoms with Crippen molar-refractivity contribution in [2.75, 3.05) is 6.54 Å². The van der Waals surface area contributed by atoms with Crippen LogP contribution in [0.1, 0.15) is 60.8 Å². The summed E-state index contributed by atoms with van der Waals surface area (Å²) in [5.41, 5.74) is 1.07. The molecule has 106 valence electrons. The lowest BCUT2D eigenvalue weighted by molar-refractivity contribution is -0.137. The highest BCUT2D eigenvalue weighted by molar-refractivity contribution is 5.96. The predicted octanol–water partition coefficient (Wildman–Crippen LogP) is 2.09. The van der Waals surface area contributed by atoms with Gasteiger partial charge >= 0.3 is 5.97 Å². The van der Waals surface area contributed by atoms with Crippen LogP contribution in [-0.4, -0.2) is 28.7 Å². The summed E-state index contributed by atoms with van der Waals surface area (Å²) in [6, 6.07) is 0. The van der Waals surface area contributed by atoms with E-state index in [0.29, 0.717) is 36.4 Å². The van der Waals surface area contributed by atoms with Crippen molar-refractivity contribution in [2.45, 2.75) is 46.0 Å². The number of aliphatic carboxylic acids is 1. The zero-order chi connectivity index (χ0) is 14.4. The first kappa shape index (κ1) is 15.2. The number of nitrogens with one attached hydrogen (secondary N) is 1. The number of carbonyl (C=O) groups is 2. The fourth-order valence-corrected chi connectivity index (χ4v) is 1.75. The minimum absolute atomic E-state index is 0.0916. The molecule has 0 aromatic carbocycles. The lowest BCUT2D eigenvalue weighted by atomic mass is 10.0. The van der Waals surface area contributed by atoms with E-state index in [2.05, 4.69) is 10.5 Å². The average Bonchev–Trinajstić information content (AvgIpc) is 2.70. The van der Waals surface area contributed by atoms with Crippen molar-refractivity contribution in [1.82, 2.24) is 10.5 Å². The van der Waals surface area contributed by atoms with E-state index in [-0.39, 0.29) is 18.2 Å². The molecule has 0 spiro atoms. The lowest BCUT2D eigenvalue weighted by Gasteiger charge is -2.06. The fraction of sp³-hybridized carbons (Fsp3) is 0.615. The SMILES string of the molecule is Cc1noc(C(C)C)c1C(=O)NCCCCC(=O)O. The summed E-state index contributed by atoms with van der Waals surface area (Å²) in [7, 11) is 0. The normalized spacial score (nSPS) is 10.7. The van der Waals surface area contributed by atoms with Crippen LogP contribution >= 0.6 is 0 Å². The van der Waals surface area contributed by atoms with Crippen molar-refractivity contribution in [3.8, 4) is 0 Å². The van der Waals surface area contributed by atoms with Gasteiger partial charge in [-0.05, 0) is 19.8 Å². The van der Waals surface area contributed by atoms with Crippen LogP contribution in [0, 0.1) is 6.92 Å². The number of rotatable bonds is 7. The summed E-state index contributed by atoms with van der Waals surface area (Å²) in [5, 5.41) is 15.1. The van der Waals surface area contributed by atoms with E-state index in [1.165, 1.54) is 0 Å². The Morgan fingerprint density at radius 3 is 2.63 bits per heavy atom. The summed E-state index contributed by atoms with van der Waals surface area (Å²) in [6.07, 6.45) is 1.31. The Kier molecular flexibility index (Phi) is 5.54. The van der Waals surface area contributed by atoms with Gasteiger partial charge in [0.15, 0.2) is 5.76 Å². The molecule has 6 heteroatoms. The minimum Gasteiger partial charge on any atom is -0.481 e. The van der Waals surface area contributed by atoms with Crippen LogP contribution in [0.4, 0.5) is 0 Å². The van der Waals surface area contributed by atoms with Gasteiger partial charge in [-0.15, -0.1) is 0 Å². The van der Waals surface area contributed by atoms with Gasteiger partial charge in [-0.3, -0.25) is 9.59 Å². The number of carboxylic acids is 1. The number of hydrogen-bond donors (Lipinski definition) is 2. The third kappa shape index (κ3) is 4.39. The van der Waals surface area contributed by atoms with Crippen LogP contribution in [0.3, 0.4) is 0 Å². The van der Waals surface area contributed by atoms with Gasteiger partial charge in [0, 0.05) is 18.9 Å². The number of aromatic nitrogens is 1. The summed E-state index contributed by atoms with van der Waals surface area (Å²) in [6.45, 7) is 6.05. The number of aryl methyl sites for hydroxylation is 1. The highest BCUT2D eigenvalue weighted by Crippen LogP contribution is 2.21. The lowest BCUT2D eigenvalue weighted by Crippen LogP contribution is -2.26. The Labute approximate surface area is 112 Å². The molecule has 1 rings (SSSR count). The summed E-state index contributed by atoms with van der Waals surface area (Å²) in [4.78, 5) is 22.4. The van der Waals surface area contributed by atoms with Crippen LogP contribution in [0.5, 0.6) is 0 Å². The van der Waals surface area contributed by atoms with Gasteiger partial charge < -0.3 is 14.9 Å². The fourth-order valence-electron chi connectivity index (χ4n) is 1.75. The zero-order valence-electron chi connectivity index (χ0n) is 11.5. The highest BCUT2D eigenvalue weighted by Gasteiger charge is 2.21. The largest absolute Gasteiger partial charge is 0.481 e. The number of unbranched alkanes of at least 4 members (excludes halogenated alkanes) is 1. The molecule has 0 fully saturated rings. The Bertz CT molecular complexity index is 451. The van der Waals surface area contributed by atoms with Crippen molar-refractivity contribution >= 4 is 11.9 Å². The molecule has 0 aliphatic heterocycles. The number of hydrogen-bond acceptors (Lipinski definition) is 4. The second-order valence-corrected chi connectivity index (χ2v) is 4.77. The molecular weight excluding hydrogens is 248 g/mol. The quantitative estimate of drug-likeness (QED) is 0.739. The van der Waals surface area contributed by atoms with Gasteiger partial charge in [0.1, 0.15) is 5.56 Å². The van der Waals surface area contributed by atoms with E-state index in [0.717, 1.165) is 0 Å². The Hall–Kier alpha value is -1.85. The average molecular weight is 268 g/mol. The molecule has 0 atom stereocenters. The van der Waals surface area contributed by atoms with Gasteiger partial charge in [0.25, 0.3) is 5.91 Å². The number of amides is 1. The number of nitrogens with zero attached hydrogens (tertiary/aromatic N) is 1. The van der Waals surface area contributed by atoms with Gasteiger partial charge in [-0.25, -0.2) is 0 Å². The van der Waals surface area contributed by atoms with Crippen molar-refractivity contribution in [2.24, 2.45) is 0 Å². The van der Waals surface area contributed by atoms with Crippen LogP contribution in [0.15, 0.2) is 4.52 Å². The van der Waals surface area contributed by atoms with Crippen LogP contribution < -0.4 is 5.32 Å². The Balaban J connectivity index is 2.50. The molecule has 19 heavy (non-hydrogen) atoms. The molecule has 0 radical (unpaired) electrons. The van der Waals surface area contributed by atoms with Crippen molar-refractivity contribution in [3.05, 3.63) is 17.0 Å². The van der Waals surface area contributed by atoms with Crippen molar-refractivity contribution in [3.63, 3.8) is 0 Å². The minimum atomic E-state index is -0.816. The summed E-state index contributed by atoms with van der Waals surface area (Å²) >= 11 is 0. The van der Waals surface area contributed by atoms with Crippen molar-refractivity contribution in [1.29, 1.82) is 0 Å². The number of carboxylic acid groups (broad SMARTS) is 1. The van der Waals surface area contributed by atoms with Crippen LogP contribution in [0.25, 0.3) is 0 Å². The van der Waals surface area contributed by atoms with Crippen LogP contribution in [0.2, 0.25) is 0 Å². The molecule has 1 amide bonds. The molecule has 1 aromatic rings. The Morgan fingerprint density at radius 2 is 2.05 bits per heavy atom. The second-order valence-electron chi connectivity index (χ2n) is 4.77. The first-order valence-corrected chi connectivity index (χ1v) is 6.39. The topological polar surface area (TPSA) is 92.4 Å².